The molecule has 0 amide bonds. The number of aromatic nitrogens is 3. The first-order chi connectivity index (χ1) is 13.5. The van der Waals surface area contributed by atoms with Crippen LogP contribution in [0.5, 0.6) is 0 Å². The van der Waals surface area contributed by atoms with Crippen LogP contribution in [0.2, 0.25) is 5.15 Å². The summed E-state index contributed by atoms with van der Waals surface area (Å²) >= 11 is 6.38. The number of piperidine rings is 1. The molecule has 0 aliphatic carbocycles. The minimum Gasteiger partial charge on any atom is -0.390 e. The lowest BCUT2D eigenvalue weighted by molar-refractivity contribution is -0.0172. The maximum Gasteiger partial charge on any atom is 0.131 e. The Balaban J connectivity index is 1.31. The van der Waals surface area contributed by atoms with Gasteiger partial charge in [0.1, 0.15) is 11.0 Å². The largest absolute Gasteiger partial charge is 0.390 e. The third-order valence-electron chi connectivity index (χ3n) is 6.04. The number of piperazine rings is 1. The Morgan fingerprint density at radius 3 is 2.57 bits per heavy atom. The summed E-state index contributed by atoms with van der Waals surface area (Å²) in [6, 6.07) is 6.27. The molecule has 7 nitrogen and oxygen atoms in total. The summed E-state index contributed by atoms with van der Waals surface area (Å²) in [7, 11) is 1.87. The van der Waals surface area contributed by atoms with Gasteiger partial charge in [0.05, 0.1) is 11.8 Å². The molecule has 152 valence electrons. The molecule has 2 atom stereocenters. The van der Waals surface area contributed by atoms with E-state index in [4.69, 9.17) is 11.6 Å². The van der Waals surface area contributed by atoms with Crippen LogP contribution < -0.4 is 4.90 Å². The van der Waals surface area contributed by atoms with Crippen molar-refractivity contribution >= 4 is 17.4 Å². The number of hydrogen-bond acceptors (Lipinski definition) is 6. The number of anilines is 1. The van der Waals surface area contributed by atoms with E-state index in [-0.39, 0.29) is 12.1 Å². The number of halogens is 1. The normalized spacial score (nSPS) is 24.6. The van der Waals surface area contributed by atoms with Gasteiger partial charge in [0.15, 0.2) is 0 Å². The summed E-state index contributed by atoms with van der Waals surface area (Å²) in [6.07, 6.45) is 2.48. The van der Waals surface area contributed by atoms with E-state index in [9.17, 15) is 5.11 Å². The Morgan fingerprint density at radius 2 is 1.96 bits per heavy atom. The quantitative estimate of drug-likeness (QED) is 0.834. The van der Waals surface area contributed by atoms with Gasteiger partial charge < -0.3 is 10.0 Å². The molecule has 4 rings (SSSR count). The zero-order valence-electron chi connectivity index (χ0n) is 16.6. The summed E-state index contributed by atoms with van der Waals surface area (Å²) in [5.74, 6) is 1.04. The van der Waals surface area contributed by atoms with Crippen LogP contribution in [0.15, 0.2) is 24.4 Å². The van der Waals surface area contributed by atoms with Crippen LogP contribution >= 0.6 is 11.6 Å². The molecule has 4 heterocycles. The second-order valence-corrected chi connectivity index (χ2v) is 8.21. The average molecular weight is 405 g/mol. The van der Waals surface area contributed by atoms with Gasteiger partial charge in [-0.3, -0.25) is 14.5 Å². The third kappa shape index (κ3) is 4.03. The minimum atomic E-state index is -0.342. The van der Waals surface area contributed by atoms with E-state index in [1.807, 2.05) is 32.3 Å². The van der Waals surface area contributed by atoms with Crippen LogP contribution in [0.1, 0.15) is 17.7 Å². The van der Waals surface area contributed by atoms with Crippen molar-refractivity contribution < 1.29 is 5.11 Å². The molecule has 2 saturated heterocycles. The predicted molar refractivity (Wildman–Crippen MR) is 111 cm³/mol. The van der Waals surface area contributed by atoms with Crippen molar-refractivity contribution in [2.75, 3.05) is 44.2 Å². The van der Waals surface area contributed by atoms with E-state index in [0.717, 1.165) is 62.8 Å². The van der Waals surface area contributed by atoms with Crippen molar-refractivity contribution in [1.29, 1.82) is 0 Å². The monoisotopic (exact) mass is 404 g/mol. The zero-order valence-corrected chi connectivity index (χ0v) is 17.4. The highest BCUT2D eigenvalue weighted by Gasteiger charge is 2.34. The van der Waals surface area contributed by atoms with E-state index in [2.05, 4.69) is 30.8 Å². The summed E-state index contributed by atoms with van der Waals surface area (Å²) in [5, 5.41) is 15.9. The number of rotatable bonds is 4. The van der Waals surface area contributed by atoms with E-state index in [1.54, 1.807) is 4.68 Å². The standard InChI is InChI=1S/C20H29ClN6O/c1-15-16(20(21)24(2)23-15)13-25-8-6-17(18(28)14-25)26-9-11-27(12-10-26)19-5-3-4-7-22-19/h3-5,7,17-18,28H,6,8-14H2,1-2H3/t17-,18-/m1/s1. The Labute approximate surface area is 171 Å². The Kier molecular flexibility index (Phi) is 5.87. The van der Waals surface area contributed by atoms with Gasteiger partial charge in [0.2, 0.25) is 0 Å². The summed E-state index contributed by atoms with van der Waals surface area (Å²) in [6.45, 7) is 8.21. The molecule has 0 bridgehead atoms. The number of pyridine rings is 1. The Hall–Kier alpha value is -1.67. The fraction of sp³-hybridized carbons (Fsp3) is 0.600. The minimum absolute atomic E-state index is 0.229. The lowest BCUT2D eigenvalue weighted by atomic mass is 9.98. The number of aryl methyl sites for hydroxylation is 2. The van der Waals surface area contributed by atoms with Gasteiger partial charge >= 0.3 is 0 Å². The third-order valence-corrected chi connectivity index (χ3v) is 6.51. The Morgan fingerprint density at radius 1 is 1.18 bits per heavy atom. The van der Waals surface area contributed by atoms with Crippen molar-refractivity contribution in [2.24, 2.45) is 7.05 Å². The molecule has 0 spiro atoms. The van der Waals surface area contributed by atoms with Gasteiger partial charge in [-0.05, 0) is 25.5 Å². The van der Waals surface area contributed by atoms with Gasteiger partial charge in [0, 0.05) is 70.7 Å². The van der Waals surface area contributed by atoms with Crippen molar-refractivity contribution in [2.45, 2.75) is 32.0 Å². The summed E-state index contributed by atoms with van der Waals surface area (Å²) in [4.78, 5) is 11.5. The molecule has 0 aromatic carbocycles. The first-order valence-corrected chi connectivity index (χ1v) is 10.4. The van der Waals surface area contributed by atoms with Crippen LogP contribution in [0.4, 0.5) is 5.82 Å². The van der Waals surface area contributed by atoms with Gasteiger partial charge in [-0.1, -0.05) is 17.7 Å². The lowest BCUT2D eigenvalue weighted by Gasteiger charge is -2.45. The molecule has 0 saturated carbocycles. The predicted octanol–water partition coefficient (Wildman–Crippen LogP) is 1.53. The number of aliphatic hydroxyl groups excluding tert-OH is 1. The molecule has 2 aromatic heterocycles. The maximum atomic E-state index is 10.8. The van der Waals surface area contributed by atoms with Crippen molar-refractivity contribution in [3.8, 4) is 0 Å². The number of nitrogens with zero attached hydrogens (tertiary/aromatic N) is 6. The number of β-amino-alcohol motifs (C(OH)–C–C–N with tert-alkyl or cyclic N) is 1. The van der Waals surface area contributed by atoms with Crippen molar-refractivity contribution in [3.63, 3.8) is 0 Å². The van der Waals surface area contributed by atoms with E-state index < -0.39 is 0 Å². The van der Waals surface area contributed by atoms with Crippen LogP contribution in [0, 0.1) is 6.92 Å². The topological polar surface area (TPSA) is 60.7 Å². The molecule has 1 N–H and O–H groups in total. The molecular formula is C20H29ClN6O. The van der Waals surface area contributed by atoms with E-state index in [1.165, 1.54) is 0 Å². The van der Waals surface area contributed by atoms with Gasteiger partial charge in [0.25, 0.3) is 0 Å². The highest BCUT2D eigenvalue weighted by atomic mass is 35.5. The van der Waals surface area contributed by atoms with Crippen LogP contribution in [0.25, 0.3) is 0 Å². The highest BCUT2D eigenvalue weighted by Crippen LogP contribution is 2.25. The molecule has 28 heavy (non-hydrogen) atoms. The SMILES string of the molecule is Cc1nn(C)c(Cl)c1CN1CC[C@@H](N2CCN(c3ccccn3)CC2)[C@H](O)C1. The molecule has 2 aliphatic heterocycles. The van der Waals surface area contributed by atoms with Crippen LogP contribution in [-0.2, 0) is 13.6 Å². The fourth-order valence-corrected chi connectivity index (χ4v) is 4.69. The summed E-state index contributed by atoms with van der Waals surface area (Å²) < 4.78 is 1.72. The van der Waals surface area contributed by atoms with Gasteiger partial charge in [-0.15, -0.1) is 0 Å². The Bertz CT molecular complexity index is 789. The molecule has 2 fully saturated rings. The molecule has 8 heteroatoms. The average Bonchev–Trinajstić information content (AvgIpc) is 2.95. The zero-order chi connectivity index (χ0) is 19.7. The number of likely N-dealkylation sites (tertiary alicyclic amines) is 1. The van der Waals surface area contributed by atoms with E-state index in [0.29, 0.717) is 11.7 Å². The molecule has 2 aromatic rings. The molecule has 2 aliphatic rings. The molecular weight excluding hydrogens is 376 g/mol. The second-order valence-electron chi connectivity index (χ2n) is 7.85. The maximum absolute atomic E-state index is 10.8. The van der Waals surface area contributed by atoms with Crippen molar-refractivity contribution in [1.82, 2.24) is 24.6 Å². The number of aliphatic hydroxyl groups is 1. The second kappa shape index (κ2) is 8.37. The molecule has 0 unspecified atom stereocenters. The van der Waals surface area contributed by atoms with Gasteiger partial charge in [-0.2, -0.15) is 5.10 Å². The van der Waals surface area contributed by atoms with Crippen LogP contribution in [0.3, 0.4) is 0 Å². The number of hydrogen-bond donors (Lipinski definition) is 1. The highest BCUT2D eigenvalue weighted by molar-refractivity contribution is 6.30. The first-order valence-electron chi connectivity index (χ1n) is 10.0. The van der Waals surface area contributed by atoms with Gasteiger partial charge in [-0.25, -0.2) is 4.98 Å². The first kappa shape index (κ1) is 19.6. The van der Waals surface area contributed by atoms with Crippen molar-refractivity contribution in [3.05, 3.63) is 40.8 Å². The van der Waals surface area contributed by atoms with Crippen LogP contribution in [-0.4, -0.2) is 81.1 Å². The smallest absolute Gasteiger partial charge is 0.131 e. The summed E-state index contributed by atoms with van der Waals surface area (Å²) in [5.41, 5.74) is 2.04. The lowest BCUT2D eigenvalue weighted by Crippen LogP contribution is -2.58. The van der Waals surface area contributed by atoms with E-state index >= 15 is 0 Å². The fourth-order valence-electron chi connectivity index (χ4n) is 4.45. The molecule has 0 radical (unpaired) electrons.